The van der Waals surface area contributed by atoms with E-state index in [1.54, 1.807) is 0 Å². The van der Waals surface area contributed by atoms with Crippen molar-refractivity contribution in [1.29, 1.82) is 0 Å². The van der Waals surface area contributed by atoms with Crippen LogP contribution in [0.25, 0.3) is 0 Å². The molecule has 0 saturated heterocycles. The zero-order valence-corrected chi connectivity index (χ0v) is 22.6. The maximum atomic E-state index is 10.3. The maximum Gasteiger partial charge on any atom is 0.129 e. The summed E-state index contributed by atoms with van der Waals surface area (Å²) < 4.78 is 0. The first-order chi connectivity index (χ1) is 15.8. The van der Waals surface area contributed by atoms with E-state index in [0.29, 0.717) is 16.0 Å². The molecule has 3 heteroatoms. The van der Waals surface area contributed by atoms with Crippen molar-refractivity contribution < 1.29 is 5.11 Å². The van der Waals surface area contributed by atoms with Crippen LogP contribution in [0, 0.1) is 46.3 Å². The molecule has 0 amide bonds. The van der Waals surface area contributed by atoms with E-state index in [1.165, 1.54) is 51.4 Å². The molecule has 5 rings (SSSR count). The van der Waals surface area contributed by atoms with Crippen LogP contribution in [0.1, 0.15) is 105 Å². The predicted molar refractivity (Wildman–Crippen MR) is 139 cm³/mol. The Bertz CT molecular complexity index is 797. The van der Waals surface area contributed by atoms with E-state index in [4.69, 9.17) is 11.6 Å². The molecule has 0 aliphatic heterocycles. The van der Waals surface area contributed by atoms with Gasteiger partial charge in [0, 0.05) is 5.69 Å². The number of fused-ring (bicyclic) bond motifs is 5. The molecule has 9 unspecified atom stereocenters. The van der Waals surface area contributed by atoms with Crippen molar-refractivity contribution in [3.63, 3.8) is 0 Å². The molecule has 4 aliphatic carbocycles. The van der Waals surface area contributed by atoms with Crippen molar-refractivity contribution in [1.82, 2.24) is 4.98 Å². The molecule has 0 aromatic carbocycles. The third-order valence-corrected chi connectivity index (χ3v) is 11.2. The van der Waals surface area contributed by atoms with Crippen molar-refractivity contribution in [2.45, 2.75) is 111 Å². The van der Waals surface area contributed by atoms with Crippen LogP contribution in [0.3, 0.4) is 0 Å². The second-order valence-corrected chi connectivity index (χ2v) is 12.7. The summed E-state index contributed by atoms with van der Waals surface area (Å²) in [6, 6.07) is 6.03. The first kappa shape index (κ1) is 25.5. The van der Waals surface area contributed by atoms with Gasteiger partial charge in [0.1, 0.15) is 5.15 Å². The molecular weight excluding hydrogens is 426 g/mol. The molecular formula is C30H48ClNO. The number of hydrogen-bond donors (Lipinski definition) is 1. The maximum absolute atomic E-state index is 10.3. The molecule has 1 heterocycles. The summed E-state index contributed by atoms with van der Waals surface area (Å²) in [5, 5.41) is 10.9. The van der Waals surface area contributed by atoms with Gasteiger partial charge >= 0.3 is 0 Å². The molecule has 1 aromatic heterocycles. The first-order valence-electron chi connectivity index (χ1n) is 14.1. The summed E-state index contributed by atoms with van der Waals surface area (Å²) in [7, 11) is 0. The number of halogens is 1. The second kappa shape index (κ2) is 10.2. The summed E-state index contributed by atoms with van der Waals surface area (Å²) in [6.07, 6.45) is 14.1. The molecule has 1 N–H and O–H groups in total. The van der Waals surface area contributed by atoms with Crippen LogP contribution in [0.15, 0.2) is 18.2 Å². The number of aromatic nitrogens is 1. The summed E-state index contributed by atoms with van der Waals surface area (Å²) in [4.78, 5) is 4.52. The Hall–Kier alpha value is -0.600. The van der Waals surface area contributed by atoms with Gasteiger partial charge in [-0.3, -0.25) is 0 Å². The lowest BCUT2D eigenvalue weighted by molar-refractivity contribution is -0.129. The summed E-state index contributed by atoms with van der Waals surface area (Å²) in [6.45, 7) is 11.8. The van der Waals surface area contributed by atoms with Crippen LogP contribution >= 0.6 is 11.6 Å². The average molecular weight is 474 g/mol. The number of nitrogens with zero attached hydrogens (tertiary/aromatic N) is 1. The van der Waals surface area contributed by atoms with Gasteiger partial charge in [0.05, 0.1) is 6.10 Å². The minimum atomic E-state index is -0.0332. The lowest BCUT2D eigenvalue weighted by Crippen LogP contribution is -2.54. The van der Waals surface area contributed by atoms with Crippen molar-refractivity contribution in [2.75, 3.05) is 0 Å². The quantitative estimate of drug-likeness (QED) is 0.445. The molecule has 4 fully saturated rings. The fourth-order valence-corrected chi connectivity index (χ4v) is 9.56. The Labute approximate surface area is 208 Å². The molecule has 186 valence electrons. The van der Waals surface area contributed by atoms with E-state index in [-0.39, 0.29) is 6.10 Å². The largest absolute Gasteiger partial charge is 0.393 e. The van der Waals surface area contributed by atoms with E-state index < -0.39 is 0 Å². The SMILES string of the molecule is CC.CC(CCc1cccc(Cl)n1)C1CCC2C3CCC4CC(O)CCC4(C)C3CCC12C. The number of rotatable bonds is 4. The number of pyridine rings is 1. The molecule has 0 spiro atoms. The van der Waals surface area contributed by atoms with Crippen molar-refractivity contribution in [2.24, 2.45) is 46.3 Å². The van der Waals surface area contributed by atoms with Gasteiger partial charge in [-0.2, -0.15) is 0 Å². The first-order valence-corrected chi connectivity index (χ1v) is 14.5. The summed E-state index contributed by atoms with van der Waals surface area (Å²) >= 11 is 6.11. The van der Waals surface area contributed by atoms with E-state index in [9.17, 15) is 5.11 Å². The van der Waals surface area contributed by atoms with Crippen LogP contribution in [0.5, 0.6) is 0 Å². The lowest BCUT2D eigenvalue weighted by Gasteiger charge is -2.61. The van der Waals surface area contributed by atoms with E-state index in [2.05, 4.69) is 31.8 Å². The molecule has 1 aromatic rings. The van der Waals surface area contributed by atoms with E-state index >= 15 is 0 Å². The van der Waals surface area contributed by atoms with Crippen LogP contribution in [0.4, 0.5) is 0 Å². The second-order valence-electron chi connectivity index (χ2n) is 12.3. The number of aliphatic hydroxyl groups is 1. The van der Waals surface area contributed by atoms with Gasteiger partial charge < -0.3 is 5.11 Å². The van der Waals surface area contributed by atoms with Gasteiger partial charge in [-0.25, -0.2) is 4.98 Å². The van der Waals surface area contributed by atoms with Crippen LogP contribution < -0.4 is 0 Å². The van der Waals surface area contributed by atoms with Gasteiger partial charge in [-0.05, 0) is 129 Å². The fourth-order valence-electron chi connectivity index (χ4n) is 9.38. The van der Waals surface area contributed by atoms with Crippen LogP contribution in [-0.4, -0.2) is 16.2 Å². The molecule has 2 nitrogen and oxygen atoms in total. The van der Waals surface area contributed by atoms with Crippen molar-refractivity contribution in [3.8, 4) is 0 Å². The van der Waals surface area contributed by atoms with Crippen molar-refractivity contribution >= 4 is 11.6 Å². The third-order valence-electron chi connectivity index (χ3n) is 11.0. The average Bonchev–Trinajstić information content (AvgIpc) is 3.17. The lowest BCUT2D eigenvalue weighted by atomic mass is 9.44. The van der Waals surface area contributed by atoms with E-state index in [1.807, 2.05) is 26.0 Å². The Kier molecular flexibility index (Phi) is 7.86. The highest BCUT2D eigenvalue weighted by molar-refractivity contribution is 6.29. The summed E-state index contributed by atoms with van der Waals surface area (Å²) in [5.41, 5.74) is 2.17. The van der Waals surface area contributed by atoms with E-state index in [0.717, 1.165) is 60.5 Å². The van der Waals surface area contributed by atoms with Gasteiger partial charge in [0.25, 0.3) is 0 Å². The van der Waals surface area contributed by atoms with Crippen LogP contribution in [-0.2, 0) is 6.42 Å². The monoisotopic (exact) mass is 473 g/mol. The molecule has 33 heavy (non-hydrogen) atoms. The minimum Gasteiger partial charge on any atom is -0.393 e. The third kappa shape index (κ3) is 4.65. The normalized spacial score (nSPS) is 42.9. The van der Waals surface area contributed by atoms with Gasteiger partial charge in [-0.15, -0.1) is 0 Å². The van der Waals surface area contributed by atoms with Gasteiger partial charge in [-0.1, -0.05) is 52.3 Å². The molecule has 4 aliphatic rings. The minimum absolute atomic E-state index is 0.0332. The standard InChI is InChI=1S/C28H42ClNO.C2H6/c1-18(7-9-20-5-4-6-26(29)30-20)23-11-12-24-22-10-8-19-17-21(31)13-15-27(19,2)25(22)14-16-28(23,24)3;1-2/h4-6,18-19,21-25,31H,7-17H2,1-3H3;1-2H3. The highest BCUT2D eigenvalue weighted by atomic mass is 35.5. The number of aryl methyl sites for hydroxylation is 1. The van der Waals surface area contributed by atoms with Crippen LogP contribution in [0.2, 0.25) is 5.15 Å². The smallest absolute Gasteiger partial charge is 0.129 e. The zero-order valence-electron chi connectivity index (χ0n) is 21.8. The molecule has 4 saturated carbocycles. The van der Waals surface area contributed by atoms with Gasteiger partial charge in [0.2, 0.25) is 0 Å². The topological polar surface area (TPSA) is 33.1 Å². The molecule has 0 radical (unpaired) electrons. The Balaban J connectivity index is 0.00000126. The molecule has 0 bridgehead atoms. The zero-order chi connectivity index (χ0) is 23.8. The summed E-state index contributed by atoms with van der Waals surface area (Å²) in [5.74, 6) is 5.14. The highest BCUT2D eigenvalue weighted by Crippen LogP contribution is 2.68. The highest BCUT2D eigenvalue weighted by Gasteiger charge is 2.60. The van der Waals surface area contributed by atoms with Crippen molar-refractivity contribution in [3.05, 3.63) is 29.0 Å². The number of aliphatic hydroxyl groups excluding tert-OH is 1. The Morgan fingerprint density at radius 2 is 1.73 bits per heavy atom. The molecule has 9 atom stereocenters. The Morgan fingerprint density at radius 3 is 2.48 bits per heavy atom. The fraction of sp³-hybridized carbons (Fsp3) is 0.833. The Morgan fingerprint density at radius 1 is 1.00 bits per heavy atom. The number of hydrogen-bond acceptors (Lipinski definition) is 2. The predicted octanol–water partition coefficient (Wildman–Crippen LogP) is 8.35. The van der Waals surface area contributed by atoms with Gasteiger partial charge in [0.15, 0.2) is 0 Å².